The highest BCUT2D eigenvalue weighted by Gasteiger charge is 2.23. The lowest BCUT2D eigenvalue weighted by Gasteiger charge is -2.25. The molecule has 1 aromatic heterocycles. The van der Waals surface area contributed by atoms with Gasteiger partial charge in [-0.2, -0.15) is 0 Å². The van der Waals surface area contributed by atoms with Crippen LogP contribution in [0.25, 0.3) is 0 Å². The summed E-state index contributed by atoms with van der Waals surface area (Å²) in [5.41, 5.74) is 0. The van der Waals surface area contributed by atoms with Gasteiger partial charge in [0.05, 0.1) is 19.6 Å². The van der Waals surface area contributed by atoms with Crippen LogP contribution in [0.2, 0.25) is 0 Å². The second kappa shape index (κ2) is 9.67. The van der Waals surface area contributed by atoms with Crippen molar-refractivity contribution in [3.63, 3.8) is 0 Å². The normalized spacial score (nSPS) is 17.2. The Morgan fingerprint density at radius 1 is 1.43 bits per heavy atom. The molecule has 23 heavy (non-hydrogen) atoms. The number of hydrogen-bond acceptors (Lipinski definition) is 5. The van der Waals surface area contributed by atoms with Crippen molar-refractivity contribution in [2.45, 2.75) is 44.6 Å². The number of hydrogen-bond donors (Lipinski definition) is 0. The first-order valence-corrected chi connectivity index (χ1v) is 9.05. The van der Waals surface area contributed by atoms with Crippen molar-refractivity contribution < 1.29 is 19.1 Å². The molecule has 0 N–H and O–H groups in total. The number of aryl methyl sites for hydroxylation is 1. The summed E-state index contributed by atoms with van der Waals surface area (Å²) in [6.45, 7) is 1.75. The average Bonchev–Trinajstić information content (AvgIpc) is 3.24. The Balaban J connectivity index is 1.80. The molecule has 1 atom stereocenters. The van der Waals surface area contributed by atoms with Crippen molar-refractivity contribution in [1.29, 1.82) is 0 Å². The zero-order valence-corrected chi connectivity index (χ0v) is 14.5. The molecule has 1 aliphatic rings. The number of carbonyl (C=O) groups excluding carboxylic acids is 2. The van der Waals surface area contributed by atoms with E-state index >= 15 is 0 Å². The summed E-state index contributed by atoms with van der Waals surface area (Å²) in [5, 5.41) is 2.05. The average molecular weight is 339 g/mol. The van der Waals surface area contributed by atoms with E-state index in [4.69, 9.17) is 4.74 Å². The number of esters is 1. The molecule has 2 rings (SSSR count). The van der Waals surface area contributed by atoms with E-state index < -0.39 is 0 Å². The minimum absolute atomic E-state index is 0.0981. The molecule has 0 aliphatic carbocycles. The van der Waals surface area contributed by atoms with Gasteiger partial charge in [0.25, 0.3) is 0 Å². The molecule has 1 aromatic rings. The summed E-state index contributed by atoms with van der Waals surface area (Å²) in [4.78, 5) is 26.9. The summed E-state index contributed by atoms with van der Waals surface area (Å²) in [7, 11) is 1.37. The van der Waals surface area contributed by atoms with Crippen LogP contribution in [0.1, 0.15) is 37.0 Å². The monoisotopic (exact) mass is 339 g/mol. The number of rotatable bonds is 9. The molecule has 1 aliphatic heterocycles. The summed E-state index contributed by atoms with van der Waals surface area (Å²) in [6, 6.07) is 4.12. The van der Waals surface area contributed by atoms with Crippen molar-refractivity contribution in [2.24, 2.45) is 0 Å². The van der Waals surface area contributed by atoms with Crippen molar-refractivity contribution in [2.75, 3.05) is 26.8 Å². The predicted molar refractivity (Wildman–Crippen MR) is 89.4 cm³/mol. The van der Waals surface area contributed by atoms with Gasteiger partial charge in [-0.3, -0.25) is 9.59 Å². The van der Waals surface area contributed by atoms with Gasteiger partial charge in [-0.25, -0.2) is 0 Å². The SMILES string of the molecule is COC(=O)CCN(CC1CCCO1)C(=O)CCCc1cccs1. The number of thiophene rings is 1. The fourth-order valence-electron chi connectivity index (χ4n) is 2.71. The number of amides is 1. The molecular formula is C17H25NO4S. The lowest BCUT2D eigenvalue weighted by molar-refractivity contribution is -0.142. The molecule has 128 valence electrons. The third kappa shape index (κ3) is 6.31. The maximum atomic E-state index is 12.5. The Morgan fingerprint density at radius 2 is 2.30 bits per heavy atom. The number of methoxy groups -OCH3 is 1. The van der Waals surface area contributed by atoms with Crippen LogP contribution < -0.4 is 0 Å². The molecule has 1 fully saturated rings. The van der Waals surface area contributed by atoms with Crippen LogP contribution >= 0.6 is 11.3 Å². The van der Waals surface area contributed by atoms with Crippen LogP contribution in [0.5, 0.6) is 0 Å². The summed E-state index contributed by atoms with van der Waals surface area (Å²) >= 11 is 1.72. The molecule has 0 bridgehead atoms. The molecule has 0 radical (unpaired) electrons. The van der Waals surface area contributed by atoms with Gasteiger partial charge in [0.15, 0.2) is 0 Å². The van der Waals surface area contributed by atoms with E-state index in [0.717, 1.165) is 32.3 Å². The summed E-state index contributed by atoms with van der Waals surface area (Å²) < 4.78 is 10.3. The molecule has 1 amide bonds. The minimum atomic E-state index is -0.284. The molecule has 0 aromatic carbocycles. The van der Waals surface area contributed by atoms with E-state index in [1.165, 1.54) is 12.0 Å². The molecule has 1 unspecified atom stereocenters. The predicted octanol–water partition coefficient (Wildman–Crippen LogP) is 2.64. The van der Waals surface area contributed by atoms with E-state index in [0.29, 0.717) is 19.5 Å². The van der Waals surface area contributed by atoms with Crippen molar-refractivity contribution in [1.82, 2.24) is 4.90 Å². The Hall–Kier alpha value is -1.40. The highest BCUT2D eigenvalue weighted by atomic mass is 32.1. The van der Waals surface area contributed by atoms with Crippen molar-refractivity contribution in [3.05, 3.63) is 22.4 Å². The standard InChI is InChI=1S/C17H25NO4S/c1-21-17(20)9-10-18(13-14-5-3-11-22-14)16(19)8-2-6-15-7-4-12-23-15/h4,7,12,14H,2-3,5-6,8-11,13H2,1H3. The van der Waals surface area contributed by atoms with Crippen LogP contribution in [0.15, 0.2) is 17.5 Å². The fraction of sp³-hybridized carbons (Fsp3) is 0.647. The quantitative estimate of drug-likeness (QED) is 0.649. The van der Waals surface area contributed by atoms with E-state index in [2.05, 4.69) is 16.2 Å². The third-order valence-electron chi connectivity index (χ3n) is 4.01. The first kappa shape index (κ1) is 17.9. The summed E-state index contributed by atoms with van der Waals surface area (Å²) in [6.07, 6.45) is 4.63. The van der Waals surface area contributed by atoms with Crippen LogP contribution in [0, 0.1) is 0 Å². The van der Waals surface area contributed by atoms with Gasteiger partial charge < -0.3 is 14.4 Å². The lowest BCUT2D eigenvalue weighted by Crippen LogP contribution is -2.38. The largest absolute Gasteiger partial charge is 0.469 e. The van der Waals surface area contributed by atoms with Gasteiger partial charge in [0.2, 0.25) is 5.91 Å². The topological polar surface area (TPSA) is 55.8 Å². The number of carbonyl (C=O) groups is 2. The zero-order valence-electron chi connectivity index (χ0n) is 13.7. The number of nitrogens with zero attached hydrogens (tertiary/aromatic N) is 1. The number of ether oxygens (including phenoxy) is 2. The Bertz CT molecular complexity index is 483. The lowest BCUT2D eigenvalue weighted by atomic mass is 10.1. The van der Waals surface area contributed by atoms with E-state index in [9.17, 15) is 9.59 Å². The van der Waals surface area contributed by atoms with Crippen LogP contribution in [0.4, 0.5) is 0 Å². The van der Waals surface area contributed by atoms with Gasteiger partial charge in [0, 0.05) is 31.0 Å². The van der Waals surface area contributed by atoms with Gasteiger partial charge in [-0.1, -0.05) is 6.07 Å². The molecule has 0 spiro atoms. The smallest absolute Gasteiger partial charge is 0.307 e. The van der Waals surface area contributed by atoms with Gasteiger partial charge >= 0.3 is 5.97 Å². The van der Waals surface area contributed by atoms with E-state index in [1.807, 2.05) is 6.07 Å². The third-order valence-corrected chi connectivity index (χ3v) is 4.94. The Morgan fingerprint density at radius 3 is 2.96 bits per heavy atom. The second-order valence-electron chi connectivity index (χ2n) is 5.73. The highest BCUT2D eigenvalue weighted by molar-refractivity contribution is 7.09. The first-order valence-electron chi connectivity index (χ1n) is 8.17. The van der Waals surface area contributed by atoms with E-state index in [1.54, 1.807) is 16.2 Å². The minimum Gasteiger partial charge on any atom is -0.469 e. The highest BCUT2D eigenvalue weighted by Crippen LogP contribution is 2.16. The van der Waals surface area contributed by atoms with Crippen molar-refractivity contribution >= 4 is 23.2 Å². The summed E-state index contributed by atoms with van der Waals surface area (Å²) in [5.74, 6) is -0.185. The van der Waals surface area contributed by atoms with Crippen LogP contribution in [-0.2, 0) is 25.5 Å². The maximum Gasteiger partial charge on any atom is 0.307 e. The Labute approximate surface area is 141 Å². The molecule has 1 saturated heterocycles. The maximum absolute atomic E-state index is 12.5. The molecule has 6 heteroatoms. The molecular weight excluding hydrogens is 314 g/mol. The zero-order chi connectivity index (χ0) is 16.5. The molecule has 2 heterocycles. The van der Waals surface area contributed by atoms with Crippen LogP contribution in [-0.4, -0.2) is 49.7 Å². The first-order chi connectivity index (χ1) is 11.2. The molecule has 5 nitrogen and oxygen atoms in total. The molecule has 0 saturated carbocycles. The fourth-order valence-corrected chi connectivity index (χ4v) is 3.46. The van der Waals surface area contributed by atoms with Gasteiger partial charge in [-0.15, -0.1) is 11.3 Å². The van der Waals surface area contributed by atoms with E-state index in [-0.39, 0.29) is 24.4 Å². The van der Waals surface area contributed by atoms with Crippen LogP contribution in [0.3, 0.4) is 0 Å². The van der Waals surface area contributed by atoms with Crippen molar-refractivity contribution in [3.8, 4) is 0 Å². The Kier molecular flexibility index (Phi) is 7.55. The second-order valence-corrected chi connectivity index (χ2v) is 6.77. The van der Waals surface area contributed by atoms with Gasteiger partial charge in [0.1, 0.15) is 0 Å². The van der Waals surface area contributed by atoms with Gasteiger partial charge in [-0.05, 0) is 37.1 Å².